The highest BCUT2D eigenvalue weighted by Crippen LogP contribution is 2.39. The number of rotatable bonds is 11. The number of nitrogens with one attached hydrogen (secondary N) is 1. The van der Waals surface area contributed by atoms with Crippen LogP contribution in [0.25, 0.3) is 0 Å². The van der Waals surface area contributed by atoms with Gasteiger partial charge in [0.25, 0.3) is 0 Å². The number of nitrogens with zero attached hydrogens (tertiary/aromatic N) is 1. The minimum atomic E-state index is -0.128. The van der Waals surface area contributed by atoms with Crippen LogP contribution in [0, 0.1) is 11.8 Å². The molecule has 1 saturated carbocycles. The Kier molecular flexibility index (Phi) is 9.22. The van der Waals surface area contributed by atoms with Crippen LogP contribution >= 0.6 is 0 Å². The van der Waals surface area contributed by atoms with Gasteiger partial charge in [-0.1, -0.05) is 96.1 Å². The van der Waals surface area contributed by atoms with Crippen LogP contribution in [0.5, 0.6) is 0 Å². The van der Waals surface area contributed by atoms with Gasteiger partial charge in [0.15, 0.2) is 0 Å². The van der Waals surface area contributed by atoms with Gasteiger partial charge in [-0.05, 0) is 42.2 Å². The van der Waals surface area contributed by atoms with E-state index in [1.807, 2.05) is 17.0 Å². The zero-order valence-electron chi connectivity index (χ0n) is 20.5. The average molecular weight is 440 g/mol. The molecule has 1 aliphatic heterocycles. The summed E-state index contributed by atoms with van der Waals surface area (Å²) in [6.07, 6.45) is 14.4. The van der Waals surface area contributed by atoms with Crippen LogP contribution in [0.3, 0.4) is 0 Å². The Labute approximate surface area is 196 Å². The summed E-state index contributed by atoms with van der Waals surface area (Å²) in [4.78, 5) is 15.3. The zero-order chi connectivity index (χ0) is 23.0. The Morgan fingerprint density at radius 1 is 1.12 bits per heavy atom. The normalized spacial score (nSPS) is 23.3. The first-order valence-corrected chi connectivity index (χ1v) is 13.0. The van der Waals surface area contributed by atoms with Crippen LogP contribution < -0.4 is 11.1 Å². The van der Waals surface area contributed by atoms with Gasteiger partial charge >= 0.3 is 0 Å². The zero-order valence-corrected chi connectivity index (χ0v) is 20.5. The third kappa shape index (κ3) is 6.60. The Hall–Kier alpha value is -1.81. The molecular formula is C28H45N3O. The SMILES string of the molecule is C=C1NC(CCC(CC)CCC)(CC2CCCCC2)CC(=O)N1Cc1ccc(CN)cc1. The summed E-state index contributed by atoms with van der Waals surface area (Å²) in [6.45, 7) is 10.0. The van der Waals surface area contributed by atoms with Gasteiger partial charge in [-0.15, -0.1) is 0 Å². The third-order valence-electron chi connectivity index (χ3n) is 7.83. The van der Waals surface area contributed by atoms with E-state index in [-0.39, 0.29) is 11.4 Å². The van der Waals surface area contributed by atoms with Gasteiger partial charge in [0, 0.05) is 12.1 Å². The van der Waals surface area contributed by atoms with E-state index in [9.17, 15) is 4.79 Å². The first kappa shape index (κ1) is 24.8. The molecule has 1 saturated heterocycles. The summed E-state index contributed by atoms with van der Waals surface area (Å²) in [7, 11) is 0. The maximum absolute atomic E-state index is 13.4. The van der Waals surface area contributed by atoms with Crippen LogP contribution in [0.1, 0.15) is 102 Å². The van der Waals surface area contributed by atoms with Crippen molar-refractivity contribution in [3.8, 4) is 0 Å². The number of amides is 1. The van der Waals surface area contributed by atoms with Crippen molar-refractivity contribution in [3.05, 3.63) is 47.8 Å². The van der Waals surface area contributed by atoms with Gasteiger partial charge in [-0.2, -0.15) is 0 Å². The molecule has 4 nitrogen and oxygen atoms in total. The Morgan fingerprint density at radius 2 is 1.81 bits per heavy atom. The highest BCUT2D eigenvalue weighted by atomic mass is 16.2. The van der Waals surface area contributed by atoms with Gasteiger partial charge in [0.2, 0.25) is 5.91 Å². The second-order valence-electron chi connectivity index (χ2n) is 10.3. The first-order chi connectivity index (χ1) is 15.5. The summed E-state index contributed by atoms with van der Waals surface area (Å²) in [5.41, 5.74) is 7.83. The molecule has 4 heteroatoms. The monoisotopic (exact) mass is 439 g/mol. The highest BCUT2D eigenvalue weighted by Gasteiger charge is 2.42. The quantitative estimate of drug-likeness (QED) is 0.428. The summed E-state index contributed by atoms with van der Waals surface area (Å²) in [5, 5.41) is 3.81. The molecule has 2 atom stereocenters. The van der Waals surface area contributed by atoms with Crippen molar-refractivity contribution in [2.24, 2.45) is 17.6 Å². The Morgan fingerprint density at radius 3 is 2.41 bits per heavy atom. The predicted octanol–water partition coefficient (Wildman–Crippen LogP) is 6.25. The number of hydrogen-bond acceptors (Lipinski definition) is 3. The number of benzene rings is 1. The average Bonchev–Trinajstić information content (AvgIpc) is 2.80. The molecule has 178 valence electrons. The van der Waals surface area contributed by atoms with E-state index >= 15 is 0 Å². The number of carbonyl (C=O) groups is 1. The summed E-state index contributed by atoms with van der Waals surface area (Å²) in [6, 6.07) is 8.24. The maximum Gasteiger partial charge on any atom is 0.230 e. The van der Waals surface area contributed by atoms with Gasteiger partial charge in [-0.25, -0.2) is 0 Å². The Balaban J connectivity index is 1.72. The lowest BCUT2D eigenvalue weighted by atomic mass is 9.73. The summed E-state index contributed by atoms with van der Waals surface area (Å²) >= 11 is 0. The van der Waals surface area contributed by atoms with Gasteiger partial charge in [0.1, 0.15) is 5.82 Å². The van der Waals surface area contributed by atoms with Gasteiger partial charge in [-0.3, -0.25) is 9.69 Å². The molecule has 0 bridgehead atoms. The molecule has 3 rings (SSSR count). The molecule has 2 fully saturated rings. The molecule has 1 aromatic rings. The number of carbonyl (C=O) groups excluding carboxylic acids is 1. The van der Waals surface area contributed by atoms with E-state index in [2.05, 4.69) is 37.9 Å². The largest absolute Gasteiger partial charge is 0.366 e. The van der Waals surface area contributed by atoms with Crippen LogP contribution in [0.15, 0.2) is 36.7 Å². The molecule has 0 aromatic heterocycles. The predicted molar refractivity (Wildman–Crippen MR) is 134 cm³/mol. The number of nitrogens with two attached hydrogens (primary N) is 1. The molecule has 3 N–H and O–H groups in total. The molecule has 1 aliphatic carbocycles. The molecule has 2 unspecified atom stereocenters. The summed E-state index contributed by atoms with van der Waals surface area (Å²) in [5.74, 6) is 2.49. The molecular weight excluding hydrogens is 394 g/mol. The third-order valence-corrected chi connectivity index (χ3v) is 7.83. The van der Waals surface area contributed by atoms with Crippen LogP contribution in [0.2, 0.25) is 0 Å². The fourth-order valence-electron chi connectivity index (χ4n) is 5.86. The molecule has 0 radical (unpaired) electrons. The molecule has 1 aromatic carbocycles. The lowest BCUT2D eigenvalue weighted by Gasteiger charge is -2.46. The molecule has 0 spiro atoms. The highest BCUT2D eigenvalue weighted by molar-refractivity contribution is 5.80. The lowest BCUT2D eigenvalue weighted by molar-refractivity contribution is -0.135. The topological polar surface area (TPSA) is 58.4 Å². The maximum atomic E-state index is 13.4. The standard InChI is InChI=1S/C28H45N3O/c1-4-9-23(5-2)16-17-28(18-24-10-7-6-8-11-24)19-27(32)31(22(3)30-28)21-26-14-12-25(20-29)13-15-26/h12-15,23-24,30H,3-11,16-21,29H2,1-2H3. The lowest BCUT2D eigenvalue weighted by Crippen LogP contribution is -2.57. The van der Waals surface area contributed by atoms with E-state index in [1.165, 1.54) is 57.8 Å². The van der Waals surface area contributed by atoms with Crippen LogP contribution in [-0.2, 0) is 17.9 Å². The van der Waals surface area contributed by atoms with Crippen molar-refractivity contribution < 1.29 is 4.79 Å². The van der Waals surface area contributed by atoms with Crippen molar-refractivity contribution >= 4 is 5.91 Å². The van der Waals surface area contributed by atoms with E-state index in [1.54, 1.807) is 0 Å². The van der Waals surface area contributed by atoms with Crippen LogP contribution in [0.4, 0.5) is 0 Å². The Bertz CT molecular complexity index is 718. The van der Waals surface area contributed by atoms with Crippen molar-refractivity contribution in [2.75, 3.05) is 0 Å². The molecule has 32 heavy (non-hydrogen) atoms. The van der Waals surface area contributed by atoms with E-state index in [0.29, 0.717) is 19.5 Å². The minimum absolute atomic E-state index is 0.128. The second-order valence-corrected chi connectivity index (χ2v) is 10.3. The first-order valence-electron chi connectivity index (χ1n) is 13.0. The smallest absolute Gasteiger partial charge is 0.230 e. The van der Waals surface area contributed by atoms with E-state index in [0.717, 1.165) is 41.6 Å². The van der Waals surface area contributed by atoms with Crippen molar-refractivity contribution in [1.82, 2.24) is 10.2 Å². The number of hydrogen-bond donors (Lipinski definition) is 2. The van der Waals surface area contributed by atoms with E-state index < -0.39 is 0 Å². The molecule has 1 heterocycles. The van der Waals surface area contributed by atoms with Crippen molar-refractivity contribution in [2.45, 2.75) is 110 Å². The van der Waals surface area contributed by atoms with Crippen LogP contribution in [-0.4, -0.2) is 16.3 Å². The fraction of sp³-hybridized carbons (Fsp3) is 0.679. The van der Waals surface area contributed by atoms with Gasteiger partial charge < -0.3 is 11.1 Å². The van der Waals surface area contributed by atoms with Gasteiger partial charge in [0.05, 0.1) is 13.0 Å². The minimum Gasteiger partial charge on any atom is -0.366 e. The van der Waals surface area contributed by atoms with Crippen molar-refractivity contribution in [1.29, 1.82) is 0 Å². The molecule has 1 amide bonds. The fourth-order valence-corrected chi connectivity index (χ4v) is 5.86. The van der Waals surface area contributed by atoms with E-state index in [4.69, 9.17) is 5.73 Å². The molecule has 2 aliphatic rings. The second kappa shape index (κ2) is 11.9. The van der Waals surface area contributed by atoms with Crippen molar-refractivity contribution in [3.63, 3.8) is 0 Å². The summed E-state index contributed by atoms with van der Waals surface area (Å²) < 4.78 is 0.